The fourth-order valence-electron chi connectivity index (χ4n) is 3.74. The fraction of sp³-hybridized carbons (Fsp3) is 0.462. The number of rotatable bonds is 9. The second-order valence-corrected chi connectivity index (χ2v) is 8.05. The summed E-state index contributed by atoms with van der Waals surface area (Å²) < 4.78 is 17.3. The molecule has 31 heavy (non-hydrogen) atoms. The zero-order chi connectivity index (χ0) is 22.1. The van der Waals surface area contributed by atoms with Gasteiger partial charge in [-0.15, -0.1) is 0 Å². The molecular weight excluding hydrogens is 390 g/mol. The second kappa shape index (κ2) is 11.6. The number of unbranched alkanes of at least 4 members (excludes halogenated alkanes) is 2. The number of hydrogen-bond acceptors (Lipinski definition) is 5. The molecule has 5 heteroatoms. The summed E-state index contributed by atoms with van der Waals surface area (Å²) in [5, 5.41) is 9.33. The molecule has 1 saturated heterocycles. The smallest absolute Gasteiger partial charge is 0.343 e. The van der Waals surface area contributed by atoms with Gasteiger partial charge in [0.15, 0.2) is 6.29 Å². The van der Waals surface area contributed by atoms with Gasteiger partial charge in [0.25, 0.3) is 0 Å². The molecule has 0 aliphatic carbocycles. The highest BCUT2D eigenvalue weighted by Crippen LogP contribution is 2.28. The van der Waals surface area contributed by atoms with Crippen LogP contribution in [0.2, 0.25) is 0 Å². The topological polar surface area (TPSA) is 68.5 Å². The molecule has 2 aromatic carbocycles. The third-order valence-electron chi connectivity index (χ3n) is 5.53. The third kappa shape index (κ3) is 6.40. The van der Waals surface area contributed by atoms with E-state index in [-0.39, 0.29) is 0 Å². The summed E-state index contributed by atoms with van der Waals surface area (Å²) in [6, 6.07) is 14.5. The summed E-state index contributed by atoms with van der Waals surface area (Å²) in [4.78, 5) is 12.5. The van der Waals surface area contributed by atoms with Crippen molar-refractivity contribution >= 4 is 5.97 Å². The fourth-order valence-corrected chi connectivity index (χ4v) is 3.74. The maximum atomic E-state index is 12.5. The van der Waals surface area contributed by atoms with Crippen LogP contribution >= 0.6 is 0 Å². The molecule has 0 radical (unpaired) electrons. The lowest BCUT2D eigenvalue weighted by molar-refractivity contribution is -0.206. The minimum absolute atomic E-state index is 0.374. The van der Waals surface area contributed by atoms with Crippen molar-refractivity contribution in [2.24, 2.45) is 5.92 Å². The van der Waals surface area contributed by atoms with E-state index in [2.05, 4.69) is 19.9 Å². The van der Waals surface area contributed by atoms with Gasteiger partial charge in [-0.3, -0.25) is 0 Å². The number of esters is 1. The third-order valence-corrected chi connectivity index (χ3v) is 5.53. The summed E-state index contributed by atoms with van der Waals surface area (Å²) in [5.74, 6) is 0.373. The number of hydrogen-bond donors (Lipinski definition) is 0. The van der Waals surface area contributed by atoms with E-state index in [4.69, 9.17) is 14.2 Å². The van der Waals surface area contributed by atoms with Crippen molar-refractivity contribution in [3.8, 4) is 11.8 Å². The van der Waals surface area contributed by atoms with Crippen LogP contribution in [0.4, 0.5) is 0 Å². The first-order chi connectivity index (χ1) is 15.1. The van der Waals surface area contributed by atoms with Crippen LogP contribution in [-0.4, -0.2) is 19.2 Å². The van der Waals surface area contributed by atoms with Crippen LogP contribution in [0, 0.1) is 17.2 Å². The molecule has 164 valence electrons. The molecule has 1 aliphatic rings. The average molecular weight is 422 g/mol. The Morgan fingerprint density at radius 2 is 1.81 bits per heavy atom. The maximum absolute atomic E-state index is 12.5. The molecule has 0 N–H and O–H groups in total. The van der Waals surface area contributed by atoms with Crippen molar-refractivity contribution in [1.82, 2.24) is 0 Å². The van der Waals surface area contributed by atoms with Crippen molar-refractivity contribution in [1.29, 1.82) is 5.26 Å². The zero-order valence-corrected chi connectivity index (χ0v) is 18.4. The van der Waals surface area contributed by atoms with Crippen LogP contribution in [0.5, 0.6) is 5.75 Å². The number of ether oxygens (including phenoxy) is 3. The molecule has 0 unspecified atom stereocenters. The van der Waals surface area contributed by atoms with Gasteiger partial charge in [-0.1, -0.05) is 57.7 Å². The van der Waals surface area contributed by atoms with E-state index in [0.29, 0.717) is 36.0 Å². The van der Waals surface area contributed by atoms with Gasteiger partial charge in [-0.05, 0) is 42.7 Å². The van der Waals surface area contributed by atoms with Crippen molar-refractivity contribution in [2.45, 2.75) is 58.7 Å². The molecule has 5 nitrogen and oxygen atoms in total. The molecule has 0 bridgehead atoms. The number of benzene rings is 2. The van der Waals surface area contributed by atoms with E-state index in [1.165, 1.54) is 19.3 Å². The Labute approximate surface area is 184 Å². The predicted molar refractivity (Wildman–Crippen MR) is 119 cm³/mol. The summed E-state index contributed by atoms with van der Waals surface area (Å²) in [6.07, 6.45) is 6.20. The summed E-state index contributed by atoms with van der Waals surface area (Å²) in [5.41, 5.74) is 2.84. The standard InChI is InChI=1S/C26H31NO4/c1-3-5-6-8-19-17-29-26(30-18-19)22-11-9-21(10-12-22)25(28)31-24-14-13-20(7-4-2)23(15-24)16-27/h9-15,19,26H,3-8,17-18H2,1-2H3. The van der Waals surface area contributed by atoms with E-state index in [9.17, 15) is 10.1 Å². The quantitative estimate of drug-likeness (QED) is 0.283. The van der Waals surface area contributed by atoms with Crippen LogP contribution in [0.25, 0.3) is 0 Å². The monoisotopic (exact) mass is 421 g/mol. The maximum Gasteiger partial charge on any atom is 0.343 e. The van der Waals surface area contributed by atoms with Gasteiger partial charge in [-0.25, -0.2) is 4.79 Å². The Kier molecular flexibility index (Phi) is 8.63. The largest absolute Gasteiger partial charge is 0.423 e. The van der Waals surface area contributed by atoms with Gasteiger partial charge in [0.2, 0.25) is 0 Å². The van der Waals surface area contributed by atoms with Crippen molar-refractivity contribution in [3.05, 3.63) is 64.7 Å². The Hall–Kier alpha value is -2.68. The Bertz CT molecular complexity index is 893. The predicted octanol–water partition coefficient (Wildman–Crippen LogP) is 5.97. The lowest BCUT2D eigenvalue weighted by Gasteiger charge is -2.29. The first-order valence-electron chi connectivity index (χ1n) is 11.2. The Morgan fingerprint density at radius 1 is 1.06 bits per heavy atom. The van der Waals surface area contributed by atoms with Gasteiger partial charge in [0.05, 0.1) is 30.4 Å². The number of carbonyl (C=O) groups excluding carboxylic acids is 1. The first-order valence-corrected chi connectivity index (χ1v) is 11.2. The SMILES string of the molecule is CCCCCC1COC(c2ccc(C(=O)Oc3ccc(CCC)c(C#N)c3)cc2)OC1. The first kappa shape index (κ1) is 23.0. The minimum Gasteiger partial charge on any atom is -0.423 e. The van der Waals surface area contributed by atoms with Crippen LogP contribution in [0.3, 0.4) is 0 Å². The molecule has 3 rings (SSSR count). The van der Waals surface area contributed by atoms with Crippen LogP contribution in [0.1, 0.15) is 79.3 Å². The summed E-state index contributed by atoms with van der Waals surface area (Å²) in [6.45, 7) is 5.67. The molecule has 0 atom stereocenters. The molecule has 1 heterocycles. The molecule has 0 amide bonds. The van der Waals surface area contributed by atoms with E-state index in [1.54, 1.807) is 24.3 Å². The van der Waals surface area contributed by atoms with Crippen LogP contribution in [0.15, 0.2) is 42.5 Å². The Balaban J connectivity index is 1.55. The van der Waals surface area contributed by atoms with Gasteiger partial charge in [-0.2, -0.15) is 5.26 Å². The van der Waals surface area contributed by atoms with Crippen molar-refractivity contribution in [3.63, 3.8) is 0 Å². The van der Waals surface area contributed by atoms with Gasteiger partial charge < -0.3 is 14.2 Å². The number of aryl methyl sites for hydroxylation is 1. The van der Waals surface area contributed by atoms with Crippen molar-refractivity contribution in [2.75, 3.05) is 13.2 Å². The van der Waals surface area contributed by atoms with Gasteiger partial charge in [0, 0.05) is 11.5 Å². The lowest BCUT2D eigenvalue weighted by Crippen LogP contribution is -2.27. The molecular formula is C26H31NO4. The molecule has 0 aromatic heterocycles. The van der Waals surface area contributed by atoms with E-state index < -0.39 is 12.3 Å². The van der Waals surface area contributed by atoms with Crippen LogP contribution < -0.4 is 4.74 Å². The van der Waals surface area contributed by atoms with Crippen LogP contribution in [-0.2, 0) is 15.9 Å². The van der Waals surface area contributed by atoms with E-state index in [0.717, 1.165) is 30.4 Å². The van der Waals surface area contributed by atoms with Crippen molar-refractivity contribution < 1.29 is 19.0 Å². The lowest BCUT2D eigenvalue weighted by atomic mass is 10.0. The average Bonchev–Trinajstić information content (AvgIpc) is 2.81. The number of carbonyl (C=O) groups is 1. The molecule has 1 fully saturated rings. The van der Waals surface area contributed by atoms with Gasteiger partial charge >= 0.3 is 5.97 Å². The Morgan fingerprint density at radius 3 is 2.45 bits per heavy atom. The second-order valence-electron chi connectivity index (χ2n) is 8.05. The zero-order valence-electron chi connectivity index (χ0n) is 18.4. The number of nitrogens with zero attached hydrogens (tertiary/aromatic N) is 1. The minimum atomic E-state index is -0.458. The highest BCUT2D eigenvalue weighted by atomic mass is 16.7. The number of nitriles is 1. The normalized spacial score (nSPS) is 18.4. The van der Waals surface area contributed by atoms with Gasteiger partial charge in [0.1, 0.15) is 5.75 Å². The highest BCUT2D eigenvalue weighted by Gasteiger charge is 2.23. The summed E-state index contributed by atoms with van der Waals surface area (Å²) in [7, 11) is 0. The molecule has 2 aromatic rings. The highest BCUT2D eigenvalue weighted by molar-refractivity contribution is 5.91. The molecule has 1 aliphatic heterocycles. The van der Waals surface area contributed by atoms with E-state index in [1.807, 2.05) is 18.2 Å². The van der Waals surface area contributed by atoms with E-state index >= 15 is 0 Å². The molecule has 0 spiro atoms. The summed E-state index contributed by atoms with van der Waals surface area (Å²) >= 11 is 0. The molecule has 0 saturated carbocycles.